The molecular weight excluding hydrogens is 362 g/mol. The van der Waals surface area contributed by atoms with Crippen LogP contribution in [0.2, 0.25) is 0 Å². The van der Waals surface area contributed by atoms with Crippen LogP contribution in [0.1, 0.15) is 31.0 Å². The first-order chi connectivity index (χ1) is 13.5. The van der Waals surface area contributed by atoms with Crippen LogP contribution < -0.4 is 20.3 Å². The molecule has 0 radical (unpaired) electrons. The Bertz CT molecular complexity index is 771. The lowest BCUT2D eigenvalue weighted by molar-refractivity contribution is -0.921. The molecule has 0 aliphatic carbocycles. The van der Waals surface area contributed by atoms with Crippen LogP contribution in [0.25, 0.3) is 0 Å². The third kappa shape index (κ3) is 4.45. The number of rotatable bonds is 6. The second-order valence-corrected chi connectivity index (χ2v) is 6.90. The Hall–Kier alpha value is -2.58. The number of esters is 1. The number of urea groups is 1. The summed E-state index contributed by atoms with van der Waals surface area (Å²) in [5.74, 6) is 0.357. The number of carbonyl (C=O) groups is 2. The van der Waals surface area contributed by atoms with Crippen LogP contribution in [0.5, 0.6) is 5.75 Å². The molecule has 0 bridgehead atoms. The van der Waals surface area contributed by atoms with E-state index in [4.69, 9.17) is 14.2 Å². The van der Waals surface area contributed by atoms with E-state index in [0.717, 1.165) is 49.7 Å². The second kappa shape index (κ2) is 9.07. The maximum atomic E-state index is 12.5. The molecule has 8 nitrogen and oxygen atoms in total. The highest BCUT2D eigenvalue weighted by Crippen LogP contribution is 2.30. The van der Waals surface area contributed by atoms with Crippen molar-refractivity contribution >= 4 is 12.0 Å². The van der Waals surface area contributed by atoms with Gasteiger partial charge in [0.1, 0.15) is 25.4 Å². The van der Waals surface area contributed by atoms with E-state index >= 15 is 0 Å². The molecule has 8 heteroatoms. The molecule has 3 rings (SSSR count). The highest BCUT2D eigenvalue weighted by Gasteiger charge is 2.32. The molecule has 1 aromatic rings. The van der Waals surface area contributed by atoms with Gasteiger partial charge in [-0.3, -0.25) is 0 Å². The molecule has 1 saturated heterocycles. The van der Waals surface area contributed by atoms with Crippen LogP contribution in [-0.2, 0) is 20.8 Å². The molecule has 2 amide bonds. The number of quaternary nitrogens is 1. The molecular formula is C20H28N3O5+. The SMILES string of the molecule is CCOC(=O)C1=C(C)NC(=O)N[C@@H]1c1ccc(OC)c(C[NH+]2CCOCC2)c1. The lowest BCUT2D eigenvalue weighted by Gasteiger charge is -2.29. The monoisotopic (exact) mass is 390 g/mol. The third-order valence-corrected chi connectivity index (χ3v) is 5.04. The zero-order chi connectivity index (χ0) is 20.1. The summed E-state index contributed by atoms with van der Waals surface area (Å²) in [5, 5.41) is 5.50. The Balaban J connectivity index is 1.94. The largest absolute Gasteiger partial charge is 0.496 e. The third-order valence-electron chi connectivity index (χ3n) is 5.04. The van der Waals surface area contributed by atoms with Gasteiger partial charge in [-0.25, -0.2) is 9.59 Å². The van der Waals surface area contributed by atoms with Gasteiger partial charge in [-0.15, -0.1) is 0 Å². The molecule has 2 heterocycles. The van der Waals surface area contributed by atoms with Crippen molar-refractivity contribution in [2.75, 3.05) is 40.0 Å². The molecule has 28 heavy (non-hydrogen) atoms. The number of carbonyl (C=O) groups excluding carboxylic acids is 2. The maximum Gasteiger partial charge on any atom is 0.338 e. The fourth-order valence-corrected chi connectivity index (χ4v) is 3.65. The van der Waals surface area contributed by atoms with Gasteiger partial charge in [0.25, 0.3) is 0 Å². The molecule has 1 atom stereocenters. The number of hydrogen-bond donors (Lipinski definition) is 3. The summed E-state index contributed by atoms with van der Waals surface area (Å²) in [6.45, 7) is 7.89. The number of nitrogens with one attached hydrogen (secondary N) is 3. The molecule has 1 aromatic carbocycles. The van der Waals surface area contributed by atoms with Crippen molar-refractivity contribution in [2.24, 2.45) is 0 Å². The van der Waals surface area contributed by atoms with Gasteiger partial charge in [-0.05, 0) is 31.5 Å². The van der Waals surface area contributed by atoms with E-state index in [9.17, 15) is 9.59 Å². The van der Waals surface area contributed by atoms with Gasteiger partial charge in [-0.2, -0.15) is 0 Å². The molecule has 0 saturated carbocycles. The Labute approximate surface area is 164 Å². The van der Waals surface area contributed by atoms with Gasteiger partial charge < -0.3 is 29.7 Å². The van der Waals surface area contributed by atoms with Crippen molar-refractivity contribution in [1.82, 2.24) is 10.6 Å². The normalized spacial score (nSPS) is 20.4. The standard InChI is InChI=1S/C20H27N3O5/c1-4-28-19(24)17-13(2)21-20(25)22-18(17)14-5-6-16(26-3)15(11-14)12-23-7-9-27-10-8-23/h5-6,11,18H,4,7-10,12H2,1-3H3,(H2,21,22,25)/p+1/t18-/m1/s1. The van der Waals surface area contributed by atoms with E-state index in [2.05, 4.69) is 10.6 Å². The minimum absolute atomic E-state index is 0.268. The van der Waals surface area contributed by atoms with Crippen LogP contribution in [0.3, 0.4) is 0 Å². The summed E-state index contributed by atoms with van der Waals surface area (Å²) in [6.07, 6.45) is 0. The summed E-state index contributed by atoms with van der Waals surface area (Å²) in [5.41, 5.74) is 2.77. The quantitative estimate of drug-likeness (QED) is 0.608. The fraction of sp³-hybridized carbons (Fsp3) is 0.500. The lowest BCUT2D eigenvalue weighted by Crippen LogP contribution is -3.12. The molecule has 1 fully saturated rings. The Morgan fingerprint density at radius 1 is 1.32 bits per heavy atom. The van der Waals surface area contributed by atoms with Crippen molar-refractivity contribution in [3.8, 4) is 5.75 Å². The van der Waals surface area contributed by atoms with Crippen molar-refractivity contribution < 1.29 is 28.7 Å². The summed E-state index contributed by atoms with van der Waals surface area (Å²) in [4.78, 5) is 26.0. The van der Waals surface area contributed by atoms with Crippen LogP contribution in [-0.4, -0.2) is 52.0 Å². The van der Waals surface area contributed by atoms with Crippen LogP contribution in [0, 0.1) is 0 Å². The number of ether oxygens (including phenoxy) is 3. The highest BCUT2D eigenvalue weighted by atomic mass is 16.5. The highest BCUT2D eigenvalue weighted by molar-refractivity contribution is 5.95. The Morgan fingerprint density at radius 3 is 2.75 bits per heavy atom. The zero-order valence-electron chi connectivity index (χ0n) is 16.6. The molecule has 0 spiro atoms. The molecule has 3 N–H and O–H groups in total. The van der Waals surface area contributed by atoms with Gasteiger partial charge >= 0.3 is 12.0 Å². The summed E-state index contributed by atoms with van der Waals surface area (Å²) < 4.78 is 16.2. The van der Waals surface area contributed by atoms with Crippen LogP contribution in [0.15, 0.2) is 29.5 Å². The van der Waals surface area contributed by atoms with Gasteiger partial charge in [0.15, 0.2) is 0 Å². The van der Waals surface area contributed by atoms with Crippen molar-refractivity contribution in [3.63, 3.8) is 0 Å². The Morgan fingerprint density at radius 2 is 2.07 bits per heavy atom. The summed E-state index contributed by atoms with van der Waals surface area (Å²) in [6, 6.07) is 4.85. The van der Waals surface area contributed by atoms with Crippen LogP contribution >= 0.6 is 0 Å². The average molecular weight is 390 g/mol. The number of amides is 2. The van der Waals surface area contributed by atoms with Crippen molar-refractivity contribution in [3.05, 3.63) is 40.6 Å². The molecule has 2 aliphatic rings. The van der Waals surface area contributed by atoms with Gasteiger partial charge in [0, 0.05) is 11.3 Å². The van der Waals surface area contributed by atoms with E-state index < -0.39 is 12.0 Å². The zero-order valence-corrected chi connectivity index (χ0v) is 16.6. The molecule has 0 aromatic heterocycles. The fourth-order valence-electron chi connectivity index (χ4n) is 3.65. The first-order valence-corrected chi connectivity index (χ1v) is 9.57. The summed E-state index contributed by atoms with van der Waals surface area (Å²) >= 11 is 0. The Kier molecular flexibility index (Phi) is 6.53. The smallest absolute Gasteiger partial charge is 0.338 e. The van der Waals surface area contributed by atoms with E-state index in [1.54, 1.807) is 21.0 Å². The predicted molar refractivity (Wildman–Crippen MR) is 102 cm³/mol. The van der Waals surface area contributed by atoms with Gasteiger partial charge in [-0.1, -0.05) is 6.07 Å². The van der Waals surface area contributed by atoms with E-state index in [1.807, 2.05) is 18.2 Å². The number of methoxy groups -OCH3 is 1. The van der Waals surface area contributed by atoms with E-state index in [-0.39, 0.29) is 12.6 Å². The average Bonchev–Trinajstić information content (AvgIpc) is 2.68. The minimum Gasteiger partial charge on any atom is -0.496 e. The molecule has 0 unspecified atom stereocenters. The van der Waals surface area contributed by atoms with Gasteiger partial charge in [0.2, 0.25) is 0 Å². The minimum atomic E-state index is -0.572. The molecule has 152 valence electrons. The van der Waals surface area contributed by atoms with Crippen molar-refractivity contribution in [2.45, 2.75) is 26.4 Å². The van der Waals surface area contributed by atoms with E-state index in [0.29, 0.717) is 11.3 Å². The predicted octanol–water partition coefficient (Wildman–Crippen LogP) is 0.301. The molecule has 2 aliphatic heterocycles. The van der Waals surface area contributed by atoms with Crippen molar-refractivity contribution in [1.29, 1.82) is 0 Å². The lowest BCUT2D eigenvalue weighted by atomic mass is 9.94. The maximum absolute atomic E-state index is 12.5. The van der Waals surface area contributed by atoms with E-state index in [1.165, 1.54) is 4.90 Å². The van der Waals surface area contributed by atoms with Gasteiger partial charge in [0.05, 0.1) is 38.5 Å². The number of benzene rings is 1. The second-order valence-electron chi connectivity index (χ2n) is 6.90. The first-order valence-electron chi connectivity index (χ1n) is 9.57. The first kappa shape index (κ1) is 20.2. The number of morpholine rings is 1. The summed E-state index contributed by atoms with van der Waals surface area (Å²) in [7, 11) is 1.65. The number of hydrogen-bond acceptors (Lipinski definition) is 5. The van der Waals surface area contributed by atoms with Crippen LogP contribution in [0.4, 0.5) is 4.79 Å². The topological polar surface area (TPSA) is 90.3 Å². The number of allylic oxidation sites excluding steroid dienone is 1.